The lowest BCUT2D eigenvalue weighted by Crippen LogP contribution is -2.43. The van der Waals surface area contributed by atoms with Crippen molar-refractivity contribution in [2.75, 3.05) is 24.7 Å². The Morgan fingerprint density at radius 1 is 1.21 bits per heavy atom. The number of nitrogens with one attached hydrogen (secondary N) is 1. The minimum absolute atomic E-state index is 0.0103. The summed E-state index contributed by atoms with van der Waals surface area (Å²) in [6, 6.07) is 6.91. The van der Waals surface area contributed by atoms with Crippen molar-refractivity contribution in [1.29, 1.82) is 0 Å². The van der Waals surface area contributed by atoms with Crippen molar-refractivity contribution in [2.24, 2.45) is 5.41 Å². The first-order valence-corrected chi connectivity index (χ1v) is 12.4. The summed E-state index contributed by atoms with van der Waals surface area (Å²) in [6.07, 6.45) is -2.73. The van der Waals surface area contributed by atoms with E-state index in [1.54, 1.807) is 0 Å². The molecule has 3 aliphatic rings. The number of hydrogen-bond acceptors (Lipinski definition) is 5. The SMILES string of the molecule is C[C@@]1(C(F)(F)F)CN(c2ccc([C@H]3C(F)(F)[C@]3(C)C(=O)NC3CCOC3)cc2)c2cnc3cc(Cl)nn3c21. The maximum absolute atomic E-state index is 15.0. The normalized spacial score (nSPS) is 30.1. The highest BCUT2D eigenvalue weighted by atomic mass is 35.5. The van der Waals surface area contributed by atoms with Gasteiger partial charge in [0, 0.05) is 24.9 Å². The van der Waals surface area contributed by atoms with Crippen LogP contribution >= 0.6 is 11.6 Å². The van der Waals surface area contributed by atoms with Gasteiger partial charge in [-0.25, -0.2) is 18.3 Å². The van der Waals surface area contributed by atoms with Crippen LogP contribution in [-0.2, 0) is 14.9 Å². The van der Waals surface area contributed by atoms with Gasteiger partial charge in [-0.1, -0.05) is 23.7 Å². The Kier molecular flexibility index (Phi) is 5.33. The molecule has 1 N–H and O–H groups in total. The molecule has 6 rings (SSSR count). The third kappa shape index (κ3) is 3.38. The molecule has 1 aliphatic carbocycles. The summed E-state index contributed by atoms with van der Waals surface area (Å²) in [4.78, 5) is 18.4. The lowest BCUT2D eigenvalue weighted by atomic mass is 9.87. The van der Waals surface area contributed by atoms with Crippen molar-refractivity contribution in [3.8, 4) is 0 Å². The molecule has 13 heteroatoms. The first-order chi connectivity index (χ1) is 17.8. The van der Waals surface area contributed by atoms with E-state index in [0.717, 1.165) is 11.4 Å². The van der Waals surface area contributed by atoms with Gasteiger partial charge in [-0.2, -0.15) is 18.3 Å². The number of fused-ring (bicyclic) bond motifs is 3. The average Bonchev–Trinajstić information content (AvgIpc) is 3.37. The number of rotatable bonds is 4. The molecular formula is C25H23ClF5N5O2. The Morgan fingerprint density at radius 2 is 1.92 bits per heavy atom. The molecule has 1 amide bonds. The molecule has 0 spiro atoms. The summed E-state index contributed by atoms with van der Waals surface area (Å²) in [5.41, 5.74) is -3.39. The third-order valence-electron chi connectivity index (χ3n) is 8.17. The molecular weight excluding hydrogens is 533 g/mol. The smallest absolute Gasteiger partial charge is 0.379 e. The largest absolute Gasteiger partial charge is 0.401 e. The third-order valence-corrected chi connectivity index (χ3v) is 8.36. The van der Waals surface area contributed by atoms with Gasteiger partial charge in [0.1, 0.15) is 10.8 Å². The van der Waals surface area contributed by atoms with E-state index in [1.165, 1.54) is 48.4 Å². The molecule has 7 nitrogen and oxygen atoms in total. The van der Waals surface area contributed by atoms with E-state index in [9.17, 15) is 26.7 Å². The second-order valence-corrected chi connectivity index (χ2v) is 10.9. The van der Waals surface area contributed by atoms with Gasteiger partial charge in [0.25, 0.3) is 5.92 Å². The van der Waals surface area contributed by atoms with Gasteiger partial charge in [-0.3, -0.25) is 4.79 Å². The number of aromatic nitrogens is 3. The zero-order valence-corrected chi connectivity index (χ0v) is 21.1. The Balaban J connectivity index is 1.32. The first kappa shape index (κ1) is 25.3. The first-order valence-electron chi connectivity index (χ1n) is 12.0. The summed E-state index contributed by atoms with van der Waals surface area (Å²) in [5, 5.41) is 6.69. The van der Waals surface area contributed by atoms with Crippen LogP contribution in [0.3, 0.4) is 0 Å². The van der Waals surface area contributed by atoms with Crippen LogP contribution in [0.2, 0.25) is 5.15 Å². The van der Waals surface area contributed by atoms with Crippen molar-refractivity contribution >= 4 is 34.5 Å². The van der Waals surface area contributed by atoms with Crippen molar-refractivity contribution in [3.63, 3.8) is 0 Å². The molecule has 202 valence electrons. The zero-order valence-electron chi connectivity index (χ0n) is 20.3. The lowest BCUT2D eigenvalue weighted by molar-refractivity contribution is -0.181. The number of carbonyl (C=O) groups is 1. The second-order valence-electron chi connectivity index (χ2n) is 10.5. The van der Waals surface area contributed by atoms with E-state index in [2.05, 4.69) is 15.4 Å². The van der Waals surface area contributed by atoms with Gasteiger partial charge in [0.15, 0.2) is 10.8 Å². The highest BCUT2D eigenvalue weighted by molar-refractivity contribution is 6.29. The maximum atomic E-state index is 15.0. The molecule has 1 saturated carbocycles. The molecule has 2 aliphatic heterocycles. The highest BCUT2D eigenvalue weighted by Crippen LogP contribution is 2.71. The van der Waals surface area contributed by atoms with E-state index in [1.807, 2.05) is 0 Å². The lowest BCUT2D eigenvalue weighted by Gasteiger charge is -2.28. The number of carbonyl (C=O) groups excluding carboxylic acids is 1. The number of hydrogen-bond donors (Lipinski definition) is 1. The fraction of sp³-hybridized carbons (Fsp3) is 0.480. The fourth-order valence-corrected chi connectivity index (χ4v) is 5.90. The van der Waals surface area contributed by atoms with Crippen LogP contribution in [0.25, 0.3) is 5.65 Å². The standard InChI is InChI=1S/C25H23ClF5N5O2/c1-22(25(29,30)31)12-35(16-10-32-18-9-17(26)34-36(18)20(16)22)15-5-3-13(4-6-15)19-23(2,24(19,27)28)21(37)33-14-7-8-38-11-14/h3-6,9-10,14,19H,7-8,11-12H2,1-2H3,(H,33,37)/t14?,19-,22-,23+/m1/s1. The predicted octanol–water partition coefficient (Wildman–Crippen LogP) is 5.00. The number of amides is 1. The molecule has 1 unspecified atom stereocenters. The van der Waals surface area contributed by atoms with Crippen LogP contribution < -0.4 is 10.2 Å². The van der Waals surface area contributed by atoms with E-state index >= 15 is 0 Å². The zero-order chi connectivity index (χ0) is 27.3. The van der Waals surface area contributed by atoms with E-state index in [0.29, 0.717) is 18.7 Å². The number of anilines is 2. The van der Waals surface area contributed by atoms with Gasteiger partial charge in [-0.05, 0) is 38.0 Å². The molecule has 1 aromatic carbocycles. The van der Waals surface area contributed by atoms with Crippen molar-refractivity contribution in [2.45, 2.75) is 49.7 Å². The molecule has 1 saturated heterocycles. The number of benzene rings is 1. The predicted molar refractivity (Wildman–Crippen MR) is 128 cm³/mol. The topological polar surface area (TPSA) is 71.8 Å². The van der Waals surface area contributed by atoms with Gasteiger partial charge in [0.05, 0.1) is 36.1 Å². The molecule has 4 heterocycles. The molecule has 0 bridgehead atoms. The van der Waals surface area contributed by atoms with Crippen LogP contribution in [0.4, 0.5) is 33.3 Å². The summed E-state index contributed by atoms with van der Waals surface area (Å²) in [6.45, 7) is 2.59. The number of ether oxygens (including phenoxy) is 1. The molecule has 38 heavy (non-hydrogen) atoms. The number of nitrogens with zero attached hydrogens (tertiary/aromatic N) is 4. The van der Waals surface area contributed by atoms with Gasteiger partial charge in [0.2, 0.25) is 5.91 Å². The quantitative estimate of drug-likeness (QED) is 0.459. The minimum atomic E-state index is -4.63. The Labute approximate surface area is 218 Å². The van der Waals surface area contributed by atoms with E-state index < -0.39 is 41.3 Å². The van der Waals surface area contributed by atoms with Crippen LogP contribution in [0.1, 0.15) is 37.4 Å². The van der Waals surface area contributed by atoms with Crippen molar-refractivity contribution in [3.05, 3.63) is 52.9 Å². The number of alkyl halides is 5. The van der Waals surface area contributed by atoms with Gasteiger partial charge < -0.3 is 15.0 Å². The van der Waals surface area contributed by atoms with Gasteiger partial charge in [-0.15, -0.1) is 0 Å². The van der Waals surface area contributed by atoms with E-state index in [-0.39, 0.29) is 40.4 Å². The summed E-state index contributed by atoms with van der Waals surface area (Å²) >= 11 is 5.95. The van der Waals surface area contributed by atoms with Crippen molar-refractivity contribution < 1.29 is 31.5 Å². The fourth-order valence-electron chi connectivity index (χ4n) is 5.73. The molecule has 0 radical (unpaired) electrons. The monoisotopic (exact) mass is 555 g/mol. The summed E-state index contributed by atoms with van der Waals surface area (Å²) < 4.78 is 79.4. The second kappa shape index (κ2) is 8.01. The maximum Gasteiger partial charge on any atom is 0.401 e. The van der Waals surface area contributed by atoms with Crippen molar-refractivity contribution in [1.82, 2.24) is 19.9 Å². The highest BCUT2D eigenvalue weighted by Gasteiger charge is 2.82. The Bertz CT molecular complexity index is 1440. The summed E-state index contributed by atoms with van der Waals surface area (Å²) in [5.74, 6) is -5.37. The molecule has 2 aromatic heterocycles. The summed E-state index contributed by atoms with van der Waals surface area (Å²) in [7, 11) is 0. The Hall–Kier alpha value is -2.99. The van der Waals surface area contributed by atoms with Crippen LogP contribution in [0, 0.1) is 5.41 Å². The minimum Gasteiger partial charge on any atom is -0.379 e. The molecule has 2 fully saturated rings. The van der Waals surface area contributed by atoms with Crippen LogP contribution in [-0.4, -0.2) is 58.4 Å². The average molecular weight is 556 g/mol. The number of halogens is 6. The van der Waals surface area contributed by atoms with Gasteiger partial charge >= 0.3 is 6.18 Å². The molecule has 3 aromatic rings. The Morgan fingerprint density at radius 3 is 2.55 bits per heavy atom. The van der Waals surface area contributed by atoms with Crippen LogP contribution in [0.15, 0.2) is 36.5 Å². The molecule has 4 atom stereocenters. The van der Waals surface area contributed by atoms with E-state index in [4.69, 9.17) is 16.3 Å². The van der Waals surface area contributed by atoms with Crippen LogP contribution in [0.5, 0.6) is 0 Å².